The van der Waals surface area contributed by atoms with Crippen LogP contribution in [-0.4, -0.2) is 36.5 Å². The number of amides is 3. The van der Waals surface area contributed by atoms with E-state index in [1.165, 1.54) is 4.88 Å². The first-order valence-electron chi connectivity index (χ1n) is 11.4. The molecule has 4 rings (SSSR count). The van der Waals surface area contributed by atoms with Crippen LogP contribution >= 0.6 is 11.3 Å². The van der Waals surface area contributed by atoms with Crippen LogP contribution in [0.4, 0.5) is 10.5 Å². The first-order valence-corrected chi connectivity index (χ1v) is 12.3. The number of benzene rings is 2. The van der Waals surface area contributed by atoms with Crippen LogP contribution in [0.5, 0.6) is 0 Å². The highest BCUT2D eigenvalue weighted by molar-refractivity contribution is 7.09. The third kappa shape index (κ3) is 6.91. The van der Waals surface area contributed by atoms with Gasteiger partial charge in [0.1, 0.15) is 6.04 Å². The van der Waals surface area contributed by atoms with Crippen molar-refractivity contribution in [2.45, 2.75) is 25.4 Å². The summed E-state index contributed by atoms with van der Waals surface area (Å²) in [4.78, 5) is 29.5. The largest absolute Gasteiger partial charge is 0.338 e. The molecule has 7 heteroatoms. The second-order valence-corrected chi connectivity index (χ2v) is 9.38. The van der Waals surface area contributed by atoms with E-state index in [2.05, 4.69) is 38.4 Å². The van der Waals surface area contributed by atoms with Gasteiger partial charge in [0.25, 0.3) is 5.91 Å². The average Bonchev–Trinajstić information content (AvgIpc) is 3.36. The van der Waals surface area contributed by atoms with E-state index in [1.54, 1.807) is 11.3 Å². The van der Waals surface area contributed by atoms with Crippen LogP contribution in [0.25, 0.3) is 0 Å². The summed E-state index contributed by atoms with van der Waals surface area (Å²) in [5.74, 6) is 0.174. The molecule has 1 atom stereocenters. The molecule has 0 saturated carbocycles. The first kappa shape index (κ1) is 23.0. The Kier molecular flexibility index (Phi) is 8.11. The zero-order chi connectivity index (χ0) is 22.9. The number of rotatable bonds is 8. The van der Waals surface area contributed by atoms with Crippen molar-refractivity contribution in [3.05, 3.63) is 88.6 Å². The van der Waals surface area contributed by atoms with Gasteiger partial charge in [-0.3, -0.25) is 9.69 Å². The summed E-state index contributed by atoms with van der Waals surface area (Å²) in [5.41, 5.74) is 1.43. The van der Waals surface area contributed by atoms with Crippen molar-refractivity contribution in [3.63, 3.8) is 0 Å². The molecule has 1 unspecified atom stereocenters. The fourth-order valence-corrected chi connectivity index (χ4v) is 4.82. The number of carbonyl (C=O) groups excluding carboxylic acids is 2. The lowest BCUT2D eigenvalue weighted by atomic mass is 9.97. The molecule has 6 nitrogen and oxygen atoms in total. The summed E-state index contributed by atoms with van der Waals surface area (Å²) < 4.78 is 0. The third-order valence-electron chi connectivity index (χ3n) is 5.93. The van der Waals surface area contributed by atoms with Crippen molar-refractivity contribution in [2.24, 2.45) is 5.92 Å². The van der Waals surface area contributed by atoms with Crippen LogP contribution in [0.15, 0.2) is 78.2 Å². The van der Waals surface area contributed by atoms with Gasteiger partial charge in [-0.15, -0.1) is 11.3 Å². The predicted octanol–water partition coefficient (Wildman–Crippen LogP) is 4.64. The van der Waals surface area contributed by atoms with Crippen LogP contribution in [0.2, 0.25) is 0 Å². The van der Waals surface area contributed by atoms with Gasteiger partial charge in [-0.1, -0.05) is 54.6 Å². The summed E-state index contributed by atoms with van der Waals surface area (Å²) in [6, 6.07) is 21.7. The molecule has 3 amide bonds. The highest BCUT2D eigenvalue weighted by Gasteiger charge is 2.24. The Bertz CT molecular complexity index is 1000. The molecule has 0 aliphatic carbocycles. The number of urea groups is 1. The number of anilines is 1. The van der Waals surface area contributed by atoms with Crippen molar-refractivity contribution >= 4 is 29.0 Å². The van der Waals surface area contributed by atoms with Gasteiger partial charge in [-0.25, -0.2) is 4.79 Å². The number of hydrogen-bond acceptors (Lipinski definition) is 4. The van der Waals surface area contributed by atoms with Crippen LogP contribution < -0.4 is 16.0 Å². The zero-order valence-corrected chi connectivity index (χ0v) is 19.4. The van der Waals surface area contributed by atoms with Crippen molar-refractivity contribution < 1.29 is 9.59 Å². The quantitative estimate of drug-likeness (QED) is 0.457. The van der Waals surface area contributed by atoms with Gasteiger partial charge in [-0.2, -0.15) is 0 Å². The van der Waals surface area contributed by atoms with Gasteiger partial charge >= 0.3 is 6.03 Å². The number of thiophene rings is 1. The third-order valence-corrected chi connectivity index (χ3v) is 6.79. The molecule has 2 heterocycles. The summed E-state index contributed by atoms with van der Waals surface area (Å²) >= 11 is 1.80. The Labute approximate surface area is 199 Å². The fourth-order valence-electron chi connectivity index (χ4n) is 4.07. The maximum atomic E-state index is 13.0. The van der Waals surface area contributed by atoms with Crippen molar-refractivity contribution in [2.75, 3.05) is 25.0 Å². The minimum Gasteiger partial charge on any atom is -0.338 e. The summed E-state index contributed by atoms with van der Waals surface area (Å²) in [7, 11) is 0. The molecule has 3 aromatic rings. The second-order valence-electron chi connectivity index (χ2n) is 8.35. The number of hydrogen-bond donors (Lipinski definition) is 3. The average molecular weight is 463 g/mol. The lowest BCUT2D eigenvalue weighted by Crippen LogP contribution is -2.45. The van der Waals surface area contributed by atoms with Crippen molar-refractivity contribution in [1.29, 1.82) is 0 Å². The first-order chi connectivity index (χ1) is 16.2. The number of para-hydroxylation sites is 1. The van der Waals surface area contributed by atoms with E-state index in [9.17, 15) is 9.59 Å². The number of nitrogens with one attached hydrogen (secondary N) is 3. The van der Waals surface area contributed by atoms with E-state index in [-0.39, 0.29) is 11.9 Å². The molecule has 0 spiro atoms. The maximum absolute atomic E-state index is 13.0. The lowest BCUT2D eigenvalue weighted by Gasteiger charge is -2.31. The Morgan fingerprint density at radius 3 is 2.30 bits per heavy atom. The molecule has 33 heavy (non-hydrogen) atoms. The lowest BCUT2D eigenvalue weighted by molar-refractivity contribution is -0.118. The topological polar surface area (TPSA) is 73.5 Å². The van der Waals surface area contributed by atoms with Crippen molar-refractivity contribution in [1.82, 2.24) is 15.5 Å². The van der Waals surface area contributed by atoms with E-state index >= 15 is 0 Å². The van der Waals surface area contributed by atoms with E-state index < -0.39 is 6.04 Å². The van der Waals surface area contributed by atoms with Crippen LogP contribution in [0, 0.1) is 5.92 Å². The minimum absolute atomic E-state index is 0.274. The smallest absolute Gasteiger partial charge is 0.315 e. The van der Waals surface area contributed by atoms with Gasteiger partial charge < -0.3 is 16.0 Å². The molecule has 0 bridgehead atoms. The molecule has 0 radical (unpaired) electrons. The minimum atomic E-state index is -0.779. The standard InChI is InChI=1S/C26H30N4O2S/c31-25(28-22-10-5-2-6-11-22)24(21-8-3-1-4-9-21)29-26(32)27-18-20-13-15-30(16-14-20)19-23-12-7-17-33-23/h1-12,17,20,24H,13-16,18-19H2,(H,28,31)(H2,27,29,32). The fraction of sp³-hybridized carbons (Fsp3) is 0.308. The number of piperidine rings is 1. The summed E-state index contributed by atoms with van der Waals surface area (Å²) in [6.45, 7) is 3.70. The molecule has 172 valence electrons. The molecule has 1 aliphatic rings. The highest BCUT2D eigenvalue weighted by Crippen LogP contribution is 2.20. The zero-order valence-electron chi connectivity index (χ0n) is 18.6. The molecule has 1 aliphatic heterocycles. The van der Waals surface area contributed by atoms with Gasteiger partial charge in [0, 0.05) is 23.7 Å². The van der Waals surface area contributed by atoms with E-state index in [1.807, 2.05) is 60.7 Å². The van der Waals surface area contributed by atoms with Gasteiger partial charge in [-0.05, 0) is 61.0 Å². The Morgan fingerprint density at radius 1 is 0.939 bits per heavy atom. The van der Waals surface area contributed by atoms with Crippen molar-refractivity contribution in [3.8, 4) is 0 Å². The number of likely N-dealkylation sites (tertiary alicyclic amines) is 1. The Morgan fingerprint density at radius 2 is 1.64 bits per heavy atom. The molecular formula is C26H30N4O2S. The van der Waals surface area contributed by atoms with Gasteiger partial charge in [0.15, 0.2) is 0 Å². The second kappa shape index (κ2) is 11.6. The SMILES string of the molecule is O=C(NCC1CCN(Cc2cccs2)CC1)NC(C(=O)Nc1ccccc1)c1ccccc1. The normalized spacial score (nSPS) is 15.5. The van der Waals surface area contributed by atoms with E-state index in [0.717, 1.165) is 38.0 Å². The van der Waals surface area contributed by atoms with E-state index in [0.29, 0.717) is 18.2 Å². The molecule has 1 aromatic heterocycles. The Hall–Kier alpha value is -3.16. The molecule has 3 N–H and O–H groups in total. The highest BCUT2D eigenvalue weighted by atomic mass is 32.1. The predicted molar refractivity (Wildman–Crippen MR) is 133 cm³/mol. The molecule has 1 fully saturated rings. The molecule has 2 aromatic carbocycles. The molecular weight excluding hydrogens is 432 g/mol. The Balaban J connectivity index is 1.28. The van der Waals surface area contributed by atoms with Gasteiger partial charge in [0.05, 0.1) is 0 Å². The van der Waals surface area contributed by atoms with Crippen LogP contribution in [-0.2, 0) is 11.3 Å². The van der Waals surface area contributed by atoms with E-state index in [4.69, 9.17) is 0 Å². The number of nitrogens with zero attached hydrogens (tertiary/aromatic N) is 1. The number of carbonyl (C=O) groups is 2. The molecule has 1 saturated heterocycles. The van der Waals surface area contributed by atoms with Crippen LogP contribution in [0.3, 0.4) is 0 Å². The summed E-state index contributed by atoms with van der Waals surface area (Å²) in [6.07, 6.45) is 2.12. The maximum Gasteiger partial charge on any atom is 0.315 e. The van der Waals surface area contributed by atoms with Crippen LogP contribution in [0.1, 0.15) is 29.3 Å². The monoisotopic (exact) mass is 462 g/mol. The summed E-state index contributed by atoms with van der Waals surface area (Å²) in [5, 5.41) is 10.9. The van der Waals surface area contributed by atoms with Gasteiger partial charge in [0.2, 0.25) is 0 Å².